The molecule has 0 aliphatic rings. The summed E-state index contributed by atoms with van der Waals surface area (Å²) >= 11 is 0. The maximum atomic E-state index is 11.6. The number of H-pyrrole nitrogens is 1. The topological polar surface area (TPSA) is 82.2 Å². The lowest BCUT2D eigenvalue weighted by Crippen LogP contribution is -2.22. The first-order valence-electron chi connectivity index (χ1n) is 6.08. The van der Waals surface area contributed by atoms with Crippen LogP contribution in [0.4, 0.5) is 0 Å². The molecule has 0 aliphatic carbocycles. The lowest BCUT2D eigenvalue weighted by molar-refractivity contribution is -0.118. The predicted octanol–water partition coefficient (Wildman–Crippen LogP) is 1.75. The number of carbonyl (C=O) groups is 2. The number of aromatic hydroxyl groups is 1. The fourth-order valence-corrected chi connectivity index (χ4v) is 2.18. The van der Waals surface area contributed by atoms with Crippen LogP contribution in [0.2, 0.25) is 0 Å². The molecule has 0 saturated carbocycles. The third-order valence-electron chi connectivity index (χ3n) is 3.02. The van der Waals surface area contributed by atoms with Crippen molar-refractivity contribution in [1.82, 2.24) is 10.3 Å². The molecular weight excluding hydrogens is 244 g/mol. The Morgan fingerprint density at radius 1 is 1.32 bits per heavy atom. The molecule has 0 bridgehead atoms. The summed E-state index contributed by atoms with van der Waals surface area (Å²) in [6, 6.07) is 5.15. The average molecular weight is 260 g/mol. The number of aromatic nitrogens is 1. The second-order valence-corrected chi connectivity index (χ2v) is 4.47. The minimum absolute atomic E-state index is 0.0894. The Bertz CT molecular complexity index is 643. The summed E-state index contributed by atoms with van der Waals surface area (Å²) in [6.45, 7) is 3.38. The number of nitrogens with one attached hydrogen (secondary N) is 2. The lowest BCUT2D eigenvalue weighted by Gasteiger charge is -2.03. The van der Waals surface area contributed by atoms with Gasteiger partial charge in [-0.2, -0.15) is 0 Å². The Balaban J connectivity index is 2.44. The van der Waals surface area contributed by atoms with E-state index in [0.29, 0.717) is 24.2 Å². The summed E-state index contributed by atoms with van der Waals surface area (Å²) in [6.07, 6.45) is 0.540. The van der Waals surface area contributed by atoms with Gasteiger partial charge in [-0.05, 0) is 18.1 Å². The van der Waals surface area contributed by atoms with Gasteiger partial charge in [0.2, 0.25) is 5.91 Å². The number of hydrogen-bond donors (Lipinski definition) is 3. The first-order valence-corrected chi connectivity index (χ1v) is 6.08. The number of ketones is 1. The highest BCUT2D eigenvalue weighted by atomic mass is 16.3. The molecule has 0 saturated heterocycles. The molecule has 0 unspecified atom stereocenters. The molecule has 1 aromatic heterocycles. The maximum absolute atomic E-state index is 11.6. The summed E-state index contributed by atoms with van der Waals surface area (Å²) < 4.78 is 0. The normalized spacial score (nSPS) is 10.6. The Hall–Kier alpha value is -2.30. The van der Waals surface area contributed by atoms with Crippen LogP contribution >= 0.6 is 0 Å². The highest BCUT2D eigenvalue weighted by Gasteiger charge is 2.16. The minimum Gasteiger partial charge on any atom is -0.506 e. The zero-order chi connectivity index (χ0) is 14.0. The second-order valence-electron chi connectivity index (χ2n) is 4.47. The summed E-state index contributed by atoms with van der Waals surface area (Å²) in [7, 11) is 0. The SMILES string of the molecule is CC(=O)NCCc1c(C(C)=O)[nH]c2c(O)cccc12. The van der Waals surface area contributed by atoms with Gasteiger partial charge in [0, 0.05) is 25.8 Å². The molecule has 5 nitrogen and oxygen atoms in total. The van der Waals surface area contributed by atoms with Crippen molar-refractivity contribution in [2.75, 3.05) is 6.54 Å². The summed E-state index contributed by atoms with van der Waals surface area (Å²) in [5.74, 6) is -0.0775. The number of phenolic OH excluding ortho intramolecular Hbond substituents is 1. The Morgan fingerprint density at radius 2 is 2.05 bits per heavy atom. The molecule has 0 fully saturated rings. The van der Waals surface area contributed by atoms with Crippen molar-refractivity contribution in [3.05, 3.63) is 29.5 Å². The van der Waals surface area contributed by atoms with E-state index in [0.717, 1.165) is 10.9 Å². The van der Waals surface area contributed by atoms with Gasteiger partial charge in [0.1, 0.15) is 5.75 Å². The molecule has 0 spiro atoms. The first kappa shape index (κ1) is 13.1. The smallest absolute Gasteiger partial charge is 0.216 e. The van der Waals surface area contributed by atoms with Crippen molar-refractivity contribution < 1.29 is 14.7 Å². The van der Waals surface area contributed by atoms with Crippen molar-refractivity contribution in [3.8, 4) is 5.75 Å². The molecule has 100 valence electrons. The number of amides is 1. The van der Waals surface area contributed by atoms with Gasteiger partial charge in [0.15, 0.2) is 5.78 Å². The van der Waals surface area contributed by atoms with E-state index < -0.39 is 0 Å². The predicted molar refractivity (Wildman–Crippen MR) is 72.4 cm³/mol. The van der Waals surface area contributed by atoms with Gasteiger partial charge in [0.25, 0.3) is 0 Å². The van der Waals surface area contributed by atoms with Crippen LogP contribution in [0.1, 0.15) is 29.9 Å². The largest absolute Gasteiger partial charge is 0.506 e. The van der Waals surface area contributed by atoms with Gasteiger partial charge in [-0.25, -0.2) is 0 Å². The molecule has 0 aliphatic heterocycles. The third-order valence-corrected chi connectivity index (χ3v) is 3.02. The van der Waals surface area contributed by atoms with Gasteiger partial charge < -0.3 is 15.4 Å². The number of Topliss-reactive ketones (excluding diaryl/α,β-unsaturated/α-hetero) is 1. The van der Waals surface area contributed by atoms with E-state index in [4.69, 9.17) is 0 Å². The minimum atomic E-state index is -0.105. The van der Waals surface area contributed by atoms with Gasteiger partial charge in [0.05, 0.1) is 11.2 Å². The number of aromatic amines is 1. The molecular formula is C14H16N2O3. The van der Waals surface area contributed by atoms with Crippen LogP contribution in [0.3, 0.4) is 0 Å². The molecule has 0 atom stereocenters. The van der Waals surface area contributed by atoms with E-state index in [1.165, 1.54) is 13.8 Å². The number of fused-ring (bicyclic) bond motifs is 1. The van der Waals surface area contributed by atoms with Crippen LogP contribution in [0.5, 0.6) is 5.75 Å². The highest BCUT2D eigenvalue weighted by molar-refractivity contribution is 6.02. The van der Waals surface area contributed by atoms with Crippen molar-refractivity contribution in [3.63, 3.8) is 0 Å². The number of rotatable bonds is 4. The lowest BCUT2D eigenvalue weighted by atomic mass is 10.1. The summed E-state index contributed by atoms with van der Waals surface area (Å²) in [4.78, 5) is 25.5. The van der Waals surface area contributed by atoms with E-state index in [-0.39, 0.29) is 17.4 Å². The standard InChI is InChI=1S/C14H16N2O3/c1-8(17)13-11(6-7-15-9(2)18)10-4-3-5-12(19)14(10)16-13/h3-5,16,19H,6-7H2,1-2H3,(H,15,18). The molecule has 0 radical (unpaired) electrons. The van der Waals surface area contributed by atoms with Crippen LogP contribution in [0, 0.1) is 0 Å². The molecule has 3 N–H and O–H groups in total. The molecule has 5 heteroatoms. The molecule has 2 rings (SSSR count). The maximum Gasteiger partial charge on any atom is 0.216 e. The third kappa shape index (κ3) is 2.59. The monoisotopic (exact) mass is 260 g/mol. The van der Waals surface area contributed by atoms with Crippen LogP contribution < -0.4 is 5.32 Å². The van der Waals surface area contributed by atoms with Gasteiger partial charge >= 0.3 is 0 Å². The highest BCUT2D eigenvalue weighted by Crippen LogP contribution is 2.29. The van der Waals surface area contributed by atoms with E-state index in [9.17, 15) is 14.7 Å². The zero-order valence-corrected chi connectivity index (χ0v) is 10.9. The van der Waals surface area contributed by atoms with E-state index >= 15 is 0 Å². The molecule has 1 aromatic carbocycles. The van der Waals surface area contributed by atoms with Gasteiger partial charge in [-0.1, -0.05) is 12.1 Å². The van der Waals surface area contributed by atoms with Crippen LogP contribution in [0.15, 0.2) is 18.2 Å². The number of hydrogen-bond acceptors (Lipinski definition) is 3. The summed E-state index contributed by atoms with van der Waals surface area (Å²) in [5.41, 5.74) is 1.87. The van der Waals surface area contributed by atoms with E-state index in [2.05, 4.69) is 10.3 Å². The fraction of sp³-hybridized carbons (Fsp3) is 0.286. The molecule has 1 amide bonds. The van der Waals surface area contributed by atoms with Crippen LogP contribution in [-0.2, 0) is 11.2 Å². The quantitative estimate of drug-likeness (QED) is 0.732. The van der Waals surface area contributed by atoms with E-state index in [1.807, 2.05) is 6.07 Å². The number of para-hydroxylation sites is 1. The number of phenols is 1. The van der Waals surface area contributed by atoms with E-state index in [1.54, 1.807) is 12.1 Å². The Kier molecular flexibility index (Phi) is 3.55. The van der Waals surface area contributed by atoms with Crippen molar-refractivity contribution in [2.24, 2.45) is 0 Å². The molecule has 2 aromatic rings. The van der Waals surface area contributed by atoms with Crippen molar-refractivity contribution in [1.29, 1.82) is 0 Å². The molecule has 19 heavy (non-hydrogen) atoms. The first-order chi connectivity index (χ1) is 9.00. The average Bonchev–Trinajstić information content (AvgIpc) is 2.70. The van der Waals surface area contributed by atoms with Gasteiger partial charge in [-0.15, -0.1) is 0 Å². The zero-order valence-electron chi connectivity index (χ0n) is 10.9. The van der Waals surface area contributed by atoms with Crippen molar-refractivity contribution >= 4 is 22.6 Å². The van der Waals surface area contributed by atoms with Crippen LogP contribution in [0.25, 0.3) is 10.9 Å². The number of carbonyl (C=O) groups excluding carboxylic acids is 2. The Labute approximate surface area is 110 Å². The number of benzene rings is 1. The Morgan fingerprint density at radius 3 is 2.68 bits per heavy atom. The summed E-state index contributed by atoms with van der Waals surface area (Å²) in [5, 5.41) is 13.3. The van der Waals surface area contributed by atoms with Gasteiger partial charge in [-0.3, -0.25) is 9.59 Å². The van der Waals surface area contributed by atoms with Crippen LogP contribution in [-0.4, -0.2) is 28.3 Å². The fourth-order valence-electron chi connectivity index (χ4n) is 2.18. The second kappa shape index (κ2) is 5.14. The van der Waals surface area contributed by atoms with Crippen molar-refractivity contribution in [2.45, 2.75) is 20.3 Å². The molecule has 1 heterocycles.